The first-order valence-corrected chi connectivity index (χ1v) is 13.9. The highest BCUT2D eigenvalue weighted by atomic mass is 127. The van der Waals surface area contributed by atoms with E-state index in [0.717, 1.165) is 17.1 Å². The van der Waals surface area contributed by atoms with Crippen LogP contribution in [0, 0.1) is 0 Å². The van der Waals surface area contributed by atoms with Gasteiger partial charge in [0.05, 0.1) is 16.8 Å². The maximum Gasteiger partial charge on any atom is 0.284 e. The van der Waals surface area contributed by atoms with Crippen molar-refractivity contribution in [1.29, 1.82) is 0 Å². The first-order valence-electron chi connectivity index (χ1n) is 13.1. The fraction of sp³-hybridized carbons (Fsp3) is 0.290. The van der Waals surface area contributed by atoms with E-state index >= 15 is 0 Å². The minimum absolute atomic E-state index is 0. The second kappa shape index (κ2) is 11.4. The van der Waals surface area contributed by atoms with E-state index in [9.17, 15) is 0 Å². The molecule has 0 amide bonds. The smallest absolute Gasteiger partial charge is 0.284 e. The van der Waals surface area contributed by atoms with Crippen LogP contribution in [0.3, 0.4) is 0 Å². The lowest BCUT2D eigenvalue weighted by molar-refractivity contribution is -0.703. The number of hydrogen-bond acceptors (Lipinski definition) is 3. The van der Waals surface area contributed by atoms with Gasteiger partial charge in [-0.05, 0) is 75.1 Å². The van der Waals surface area contributed by atoms with Gasteiger partial charge >= 0.3 is 0 Å². The van der Waals surface area contributed by atoms with Crippen molar-refractivity contribution >= 4 is 44.4 Å². The lowest BCUT2D eigenvalue weighted by Gasteiger charge is -2.20. The molecule has 37 heavy (non-hydrogen) atoms. The van der Waals surface area contributed by atoms with Gasteiger partial charge in [0.15, 0.2) is 11.0 Å². The molecule has 1 fully saturated rings. The van der Waals surface area contributed by atoms with Crippen LogP contribution in [0.25, 0.3) is 37.9 Å². The molecule has 0 radical (unpaired) electrons. The number of fused-ring (bicyclic) bond motifs is 2. The van der Waals surface area contributed by atoms with Crippen LogP contribution in [0.2, 0.25) is 0 Å². The van der Waals surface area contributed by atoms with Crippen molar-refractivity contribution in [1.82, 2.24) is 9.55 Å². The summed E-state index contributed by atoms with van der Waals surface area (Å²) in [4.78, 5) is 7.14. The highest BCUT2D eigenvalue weighted by molar-refractivity contribution is 7.21. The average molecular weight is 621 g/mol. The quantitative estimate of drug-likeness (QED) is 0.201. The molecule has 0 saturated heterocycles. The summed E-state index contributed by atoms with van der Waals surface area (Å²) in [5, 5.41) is 1.09. The molecule has 6 heteroatoms. The van der Waals surface area contributed by atoms with Crippen molar-refractivity contribution < 1.29 is 28.5 Å². The Kier molecular flexibility index (Phi) is 7.95. The van der Waals surface area contributed by atoms with Crippen molar-refractivity contribution in [2.45, 2.75) is 51.6 Å². The molecule has 1 aliphatic rings. The lowest BCUT2D eigenvalue weighted by atomic mass is 9.95. The number of imidazole rings is 1. The zero-order chi connectivity index (χ0) is 24.5. The summed E-state index contributed by atoms with van der Waals surface area (Å²) in [5.41, 5.74) is 6.09. The van der Waals surface area contributed by atoms with Crippen molar-refractivity contribution in [3.8, 4) is 10.6 Å². The summed E-state index contributed by atoms with van der Waals surface area (Å²) in [5.74, 6) is 1.28. The normalized spacial score (nSPS) is 14.4. The van der Waals surface area contributed by atoms with Gasteiger partial charge in [-0.25, -0.2) is 14.1 Å². The van der Waals surface area contributed by atoms with E-state index < -0.39 is 0 Å². The molecule has 0 unspecified atom stereocenters. The van der Waals surface area contributed by atoms with E-state index in [-0.39, 0.29) is 24.0 Å². The molecule has 4 nitrogen and oxygen atoms in total. The van der Waals surface area contributed by atoms with E-state index in [4.69, 9.17) is 4.98 Å². The Bertz CT molecular complexity index is 1500. The standard InChI is InChI=1S/C31H33N4S.HI/c1-3-34-28-22-23(31-32-26-16-10-11-17-29(26)36-31)18-19-27(28)35(25-14-8-5-9-15-25)30(34)20-21-33(2)24-12-6-4-7-13-24;/h4,6-7,10-13,16-22,25H,3,5,8-9,14-15H2,1-2H3;1H/q+1;/p-1. The molecule has 6 rings (SSSR count). The van der Waals surface area contributed by atoms with Crippen molar-refractivity contribution in [2.75, 3.05) is 11.9 Å². The van der Waals surface area contributed by atoms with Crippen LogP contribution in [0.15, 0.2) is 79.0 Å². The van der Waals surface area contributed by atoms with Gasteiger partial charge in [0.2, 0.25) is 0 Å². The zero-order valence-electron chi connectivity index (χ0n) is 21.5. The SMILES string of the molecule is CCn1c(/C=C/N(C)c2ccccc2)[n+](C2CCCCC2)c2ccc(-c3nc4ccccc4s3)cc21.[I-]. The number of nitrogens with zero attached hydrogens (tertiary/aromatic N) is 4. The molecule has 2 aromatic heterocycles. The number of aryl methyl sites for hydroxylation is 1. The molecule has 1 aliphatic carbocycles. The maximum atomic E-state index is 4.94. The largest absolute Gasteiger partial charge is 1.00 e. The first kappa shape index (κ1) is 25.9. The number of aromatic nitrogens is 3. The predicted octanol–water partition coefficient (Wildman–Crippen LogP) is 4.84. The number of halogens is 1. The molecule has 0 N–H and O–H groups in total. The van der Waals surface area contributed by atoms with Gasteiger partial charge < -0.3 is 28.9 Å². The molecule has 2 heterocycles. The van der Waals surface area contributed by atoms with Crippen LogP contribution in [0.1, 0.15) is 50.9 Å². The Morgan fingerprint density at radius 3 is 2.51 bits per heavy atom. The molecule has 0 bridgehead atoms. The highest BCUT2D eigenvalue weighted by Crippen LogP contribution is 2.33. The third-order valence-corrected chi connectivity index (χ3v) is 8.54. The molecular formula is C31H33IN4S. The van der Waals surface area contributed by atoms with Crippen LogP contribution < -0.4 is 33.4 Å². The number of thiazole rings is 1. The van der Waals surface area contributed by atoms with E-state index in [2.05, 4.69) is 113 Å². The molecule has 1 saturated carbocycles. The summed E-state index contributed by atoms with van der Waals surface area (Å²) in [6.07, 6.45) is 11.0. The number of benzene rings is 3. The molecular weight excluding hydrogens is 587 g/mol. The first-order chi connectivity index (χ1) is 17.7. The van der Waals surface area contributed by atoms with Gasteiger partial charge in [-0.1, -0.05) is 36.8 Å². The molecule has 0 aliphatic heterocycles. The Hall–Kier alpha value is -2.71. The topological polar surface area (TPSA) is 24.9 Å². The fourth-order valence-electron chi connectivity index (χ4n) is 5.60. The molecule has 0 atom stereocenters. The van der Waals surface area contributed by atoms with Gasteiger partial charge in [-0.2, -0.15) is 0 Å². The van der Waals surface area contributed by atoms with Crippen LogP contribution >= 0.6 is 11.3 Å². The van der Waals surface area contributed by atoms with Crippen LogP contribution in [-0.2, 0) is 6.54 Å². The summed E-state index contributed by atoms with van der Waals surface area (Å²) in [6, 6.07) is 26.5. The van der Waals surface area contributed by atoms with E-state index in [0.29, 0.717) is 6.04 Å². The van der Waals surface area contributed by atoms with Crippen molar-refractivity contribution in [3.63, 3.8) is 0 Å². The zero-order valence-corrected chi connectivity index (χ0v) is 24.5. The molecule has 0 spiro atoms. The minimum Gasteiger partial charge on any atom is -1.00 e. The van der Waals surface area contributed by atoms with Crippen molar-refractivity contribution in [2.24, 2.45) is 0 Å². The Morgan fingerprint density at radius 1 is 1.00 bits per heavy atom. The van der Waals surface area contributed by atoms with Gasteiger partial charge in [-0.15, -0.1) is 11.3 Å². The molecule has 190 valence electrons. The van der Waals surface area contributed by atoms with Crippen LogP contribution in [0.5, 0.6) is 0 Å². The highest BCUT2D eigenvalue weighted by Gasteiger charge is 2.30. The number of anilines is 1. The number of rotatable bonds is 6. The van der Waals surface area contributed by atoms with E-state index in [1.165, 1.54) is 64.9 Å². The summed E-state index contributed by atoms with van der Waals surface area (Å²) in [7, 11) is 2.13. The Labute approximate surface area is 240 Å². The van der Waals surface area contributed by atoms with Crippen molar-refractivity contribution in [3.05, 3.63) is 84.8 Å². The molecule has 3 aromatic carbocycles. The second-order valence-corrected chi connectivity index (χ2v) is 10.7. The summed E-state index contributed by atoms with van der Waals surface area (Å²) < 4.78 is 6.34. The molecule has 5 aromatic rings. The number of hydrogen-bond donors (Lipinski definition) is 0. The van der Waals surface area contributed by atoms with Gasteiger partial charge in [0.1, 0.15) is 11.0 Å². The second-order valence-electron chi connectivity index (χ2n) is 9.72. The maximum absolute atomic E-state index is 4.94. The summed E-state index contributed by atoms with van der Waals surface area (Å²) in [6.45, 7) is 3.18. The third kappa shape index (κ3) is 5.06. The van der Waals surface area contributed by atoms with Crippen LogP contribution in [0.4, 0.5) is 5.69 Å². The summed E-state index contributed by atoms with van der Waals surface area (Å²) >= 11 is 1.78. The Balaban J connectivity index is 0.00000280. The number of para-hydroxylation sites is 2. The fourth-order valence-corrected chi connectivity index (χ4v) is 6.56. The van der Waals surface area contributed by atoms with Gasteiger partial charge in [0.25, 0.3) is 5.82 Å². The van der Waals surface area contributed by atoms with Gasteiger partial charge in [0, 0.05) is 30.6 Å². The minimum atomic E-state index is 0. The van der Waals surface area contributed by atoms with E-state index in [1.807, 2.05) is 0 Å². The average Bonchev–Trinajstić information content (AvgIpc) is 3.51. The van der Waals surface area contributed by atoms with E-state index in [1.54, 1.807) is 11.3 Å². The monoisotopic (exact) mass is 620 g/mol. The lowest BCUT2D eigenvalue weighted by Crippen LogP contribution is -3.00. The Morgan fingerprint density at radius 2 is 1.76 bits per heavy atom. The predicted molar refractivity (Wildman–Crippen MR) is 152 cm³/mol. The third-order valence-electron chi connectivity index (χ3n) is 7.46. The van der Waals surface area contributed by atoms with Crippen LogP contribution in [-0.4, -0.2) is 16.6 Å². The van der Waals surface area contributed by atoms with Gasteiger partial charge in [-0.3, -0.25) is 0 Å².